The van der Waals surface area contributed by atoms with Crippen molar-refractivity contribution < 1.29 is 4.74 Å². The van der Waals surface area contributed by atoms with Gasteiger partial charge in [-0.15, -0.1) is 0 Å². The van der Waals surface area contributed by atoms with E-state index < -0.39 is 0 Å². The predicted octanol–water partition coefficient (Wildman–Crippen LogP) is 3.78. The Morgan fingerprint density at radius 1 is 1.29 bits per heavy atom. The third-order valence-electron chi connectivity index (χ3n) is 3.76. The molecule has 0 aliphatic carbocycles. The maximum atomic E-state index is 6.29. The summed E-state index contributed by atoms with van der Waals surface area (Å²) in [5.41, 5.74) is 6.36. The van der Waals surface area contributed by atoms with Crippen molar-refractivity contribution >= 4 is 27.5 Å². The van der Waals surface area contributed by atoms with E-state index in [4.69, 9.17) is 22.2 Å². The summed E-state index contributed by atoms with van der Waals surface area (Å²) in [6, 6.07) is 12.2. The highest BCUT2D eigenvalue weighted by Crippen LogP contribution is 2.30. The fourth-order valence-corrected chi connectivity index (χ4v) is 3.35. The molecule has 21 heavy (non-hydrogen) atoms. The molecule has 0 radical (unpaired) electrons. The van der Waals surface area contributed by atoms with Gasteiger partial charge in [0.2, 0.25) is 0 Å². The summed E-state index contributed by atoms with van der Waals surface area (Å²) in [5.74, 6) is 6.73. The molecule has 3 rings (SSSR count). The minimum Gasteiger partial charge on any atom is -0.493 e. The molecule has 0 saturated heterocycles. The summed E-state index contributed by atoms with van der Waals surface area (Å²) < 4.78 is 6.51. The normalized spacial score (nSPS) is 14.6. The van der Waals surface area contributed by atoms with E-state index >= 15 is 0 Å². The monoisotopic (exact) mass is 366 g/mol. The Hall–Kier alpha value is -1.07. The zero-order valence-corrected chi connectivity index (χ0v) is 13.7. The standard InChI is InChI=1S/C16H16BrClN2O/c17-13-3-1-10(14(18)9-13)8-15(20-19)11-2-4-16-12(7-11)5-6-21-16/h1-4,7,9,15,20H,5-6,8,19H2. The molecule has 0 fully saturated rings. The van der Waals surface area contributed by atoms with Crippen LogP contribution in [0.15, 0.2) is 40.9 Å². The Morgan fingerprint density at radius 3 is 2.90 bits per heavy atom. The molecule has 110 valence electrons. The van der Waals surface area contributed by atoms with E-state index in [2.05, 4.69) is 33.5 Å². The van der Waals surface area contributed by atoms with Crippen LogP contribution in [0, 0.1) is 0 Å². The van der Waals surface area contributed by atoms with E-state index in [0.717, 1.165) is 45.8 Å². The highest BCUT2D eigenvalue weighted by Gasteiger charge is 2.17. The van der Waals surface area contributed by atoms with E-state index in [1.807, 2.05) is 24.3 Å². The number of ether oxygens (including phenoxy) is 1. The molecule has 2 aromatic carbocycles. The van der Waals surface area contributed by atoms with Gasteiger partial charge in [0.05, 0.1) is 12.6 Å². The molecule has 1 unspecified atom stereocenters. The van der Waals surface area contributed by atoms with Crippen LogP contribution in [0.1, 0.15) is 22.7 Å². The number of hydrazine groups is 1. The maximum absolute atomic E-state index is 6.29. The Morgan fingerprint density at radius 2 is 2.14 bits per heavy atom. The number of nitrogens with one attached hydrogen (secondary N) is 1. The summed E-state index contributed by atoms with van der Waals surface area (Å²) in [5, 5.41) is 0.745. The van der Waals surface area contributed by atoms with Crippen molar-refractivity contribution in [3.8, 4) is 5.75 Å². The van der Waals surface area contributed by atoms with Gasteiger partial charge in [-0.1, -0.05) is 45.7 Å². The zero-order chi connectivity index (χ0) is 14.8. The lowest BCUT2D eigenvalue weighted by Crippen LogP contribution is -2.29. The molecule has 5 heteroatoms. The Kier molecular flexibility index (Phi) is 4.50. The van der Waals surface area contributed by atoms with E-state index in [0.29, 0.717) is 0 Å². The van der Waals surface area contributed by atoms with Gasteiger partial charge in [0, 0.05) is 15.9 Å². The van der Waals surface area contributed by atoms with Gasteiger partial charge in [-0.2, -0.15) is 0 Å². The van der Waals surface area contributed by atoms with Gasteiger partial charge in [0.1, 0.15) is 5.75 Å². The number of nitrogens with two attached hydrogens (primary N) is 1. The molecule has 2 aromatic rings. The number of hydrogen-bond donors (Lipinski definition) is 2. The molecule has 3 N–H and O–H groups in total. The Bertz CT molecular complexity index is 663. The molecule has 3 nitrogen and oxygen atoms in total. The van der Waals surface area contributed by atoms with E-state index in [1.54, 1.807) is 0 Å². The smallest absolute Gasteiger partial charge is 0.122 e. The molecule has 1 heterocycles. The van der Waals surface area contributed by atoms with Crippen molar-refractivity contribution in [3.05, 3.63) is 62.6 Å². The van der Waals surface area contributed by atoms with Crippen LogP contribution in [0.3, 0.4) is 0 Å². The first-order valence-electron chi connectivity index (χ1n) is 6.83. The van der Waals surface area contributed by atoms with Crippen LogP contribution in [-0.4, -0.2) is 6.61 Å². The Balaban J connectivity index is 1.85. The molecule has 1 atom stereocenters. The lowest BCUT2D eigenvalue weighted by molar-refractivity contribution is 0.356. The highest BCUT2D eigenvalue weighted by atomic mass is 79.9. The lowest BCUT2D eigenvalue weighted by atomic mass is 9.97. The van der Waals surface area contributed by atoms with Crippen LogP contribution >= 0.6 is 27.5 Å². The average Bonchev–Trinajstić information content (AvgIpc) is 2.94. The fourth-order valence-electron chi connectivity index (χ4n) is 2.60. The number of fused-ring (bicyclic) bond motifs is 1. The van der Waals surface area contributed by atoms with Gasteiger partial charge in [-0.05, 0) is 41.3 Å². The van der Waals surface area contributed by atoms with E-state index in [-0.39, 0.29) is 6.04 Å². The zero-order valence-electron chi connectivity index (χ0n) is 11.4. The van der Waals surface area contributed by atoms with Gasteiger partial charge in [-0.25, -0.2) is 0 Å². The number of hydrogen-bond acceptors (Lipinski definition) is 3. The fraction of sp³-hybridized carbons (Fsp3) is 0.250. The van der Waals surface area contributed by atoms with Crippen molar-refractivity contribution in [3.63, 3.8) is 0 Å². The summed E-state index contributed by atoms with van der Waals surface area (Å²) in [6.45, 7) is 0.762. The topological polar surface area (TPSA) is 47.3 Å². The van der Waals surface area contributed by atoms with Crippen LogP contribution in [-0.2, 0) is 12.8 Å². The molecule has 0 spiro atoms. The van der Waals surface area contributed by atoms with Crippen molar-refractivity contribution in [2.75, 3.05) is 6.61 Å². The highest BCUT2D eigenvalue weighted by molar-refractivity contribution is 9.10. The molecule has 0 bridgehead atoms. The third kappa shape index (κ3) is 3.24. The largest absolute Gasteiger partial charge is 0.493 e. The van der Waals surface area contributed by atoms with Crippen molar-refractivity contribution in [2.45, 2.75) is 18.9 Å². The number of benzene rings is 2. The summed E-state index contributed by atoms with van der Waals surface area (Å²) >= 11 is 9.71. The van der Waals surface area contributed by atoms with Crippen LogP contribution < -0.4 is 16.0 Å². The van der Waals surface area contributed by atoms with Crippen LogP contribution in [0.2, 0.25) is 5.02 Å². The first kappa shape index (κ1) is 14.9. The maximum Gasteiger partial charge on any atom is 0.122 e. The van der Waals surface area contributed by atoms with Gasteiger partial charge in [-0.3, -0.25) is 11.3 Å². The molecule has 1 aliphatic heterocycles. The predicted molar refractivity (Wildman–Crippen MR) is 88.6 cm³/mol. The van der Waals surface area contributed by atoms with Gasteiger partial charge in [0.15, 0.2) is 0 Å². The Labute approximate surface area is 137 Å². The first-order valence-corrected chi connectivity index (χ1v) is 8.00. The molecule has 0 saturated carbocycles. The van der Waals surface area contributed by atoms with Gasteiger partial charge >= 0.3 is 0 Å². The number of rotatable bonds is 4. The van der Waals surface area contributed by atoms with E-state index in [1.165, 1.54) is 5.56 Å². The summed E-state index contributed by atoms with van der Waals surface area (Å²) in [4.78, 5) is 0. The molecular formula is C16H16BrClN2O. The minimum absolute atomic E-state index is 0.0228. The van der Waals surface area contributed by atoms with Gasteiger partial charge in [0.25, 0.3) is 0 Å². The molecule has 0 aromatic heterocycles. The quantitative estimate of drug-likeness (QED) is 0.638. The average molecular weight is 368 g/mol. The number of halogens is 2. The first-order chi connectivity index (χ1) is 10.2. The minimum atomic E-state index is 0.0228. The lowest BCUT2D eigenvalue weighted by Gasteiger charge is -2.18. The van der Waals surface area contributed by atoms with Crippen molar-refractivity contribution in [2.24, 2.45) is 5.84 Å². The summed E-state index contributed by atoms with van der Waals surface area (Å²) in [6.07, 6.45) is 1.70. The molecule has 1 aliphatic rings. The van der Waals surface area contributed by atoms with Crippen LogP contribution in [0.4, 0.5) is 0 Å². The second-order valence-corrected chi connectivity index (χ2v) is 6.45. The van der Waals surface area contributed by atoms with E-state index in [9.17, 15) is 0 Å². The van der Waals surface area contributed by atoms with Crippen molar-refractivity contribution in [1.82, 2.24) is 5.43 Å². The third-order valence-corrected chi connectivity index (χ3v) is 4.60. The molecular weight excluding hydrogens is 352 g/mol. The second-order valence-electron chi connectivity index (χ2n) is 5.12. The second kappa shape index (κ2) is 6.36. The van der Waals surface area contributed by atoms with Crippen LogP contribution in [0.25, 0.3) is 0 Å². The molecule has 0 amide bonds. The van der Waals surface area contributed by atoms with Gasteiger partial charge < -0.3 is 4.74 Å². The summed E-state index contributed by atoms with van der Waals surface area (Å²) in [7, 11) is 0. The van der Waals surface area contributed by atoms with Crippen molar-refractivity contribution in [1.29, 1.82) is 0 Å². The SMILES string of the molecule is NNC(Cc1ccc(Br)cc1Cl)c1ccc2c(c1)CCO2. The van der Waals surface area contributed by atoms with Crippen LogP contribution in [0.5, 0.6) is 5.75 Å².